The number of amides is 1. The summed E-state index contributed by atoms with van der Waals surface area (Å²) in [6.07, 6.45) is 3.04. The molecule has 1 aliphatic rings. The van der Waals surface area contributed by atoms with Crippen LogP contribution in [0.15, 0.2) is 57.9 Å². The third-order valence-electron chi connectivity index (χ3n) is 4.82. The van der Waals surface area contributed by atoms with E-state index < -0.39 is 10.0 Å². The molecule has 1 saturated heterocycles. The lowest BCUT2D eigenvalue weighted by atomic mass is 9.97. The summed E-state index contributed by atoms with van der Waals surface area (Å²) in [4.78, 5) is 13.6. The van der Waals surface area contributed by atoms with E-state index in [9.17, 15) is 13.2 Å². The number of nitrogens with zero attached hydrogens (tertiary/aromatic N) is 1. The zero-order valence-electron chi connectivity index (χ0n) is 15.6. The van der Waals surface area contributed by atoms with E-state index in [1.54, 1.807) is 11.8 Å². The fraction of sp³-hybridized carbons (Fsp3) is 0.350. The molecule has 3 rings (SSSR count). The van der Waals surface area contributed by atoms with Gasteiger partial charge in [-0.15, -0.1) is 11.8 Å². The SMILES string of the molecule is CSc1ccccc1NC(=O)C1CCN(S(=O)(=O)Cc2cccc(Br)c2)CC1. The summed E-state index contributed by atoms with van der Waals surface area (Å²) in [7, 11) is -3.39. The molecule has 150 valence electrons. The monoisotopic (exact) mass is 482 g/mol. The van der Waals surface area contributed by atoms with E-state index in [1.165, 1.54) is 4.31 Å². The molecule has 1 aliphatic heterocycles. The largest absolute Gasteiger partial charge is 0.325 e. The average Bonchev–Trinajstić information content (AvgIpc) is 2.68. The molecule has 1 heterocycles. The first-order valence-electron chi connectivity index (χ1n) is 9.05. The van der Waals surface area contributed by atoms with Gasteiger partial charge in [0.1, 0.15) is 0 Å². The van der Waals surface area contributed by atoms with Gasteiger partial charge in [0, 0.05) is 28.4 Å². The number of piperidine rings is 1. The summed E-state index contributed by atoms with van der Waals surface area (Å²) in [6, 6.07) is 15.0. The van der Waals surface area contributed by atoms with E-state index in [-0.39, 0.29) is 17.6 Å². The Hall–Kier alpha value is -1.35. The van der Waals surface area contributed by atoms with Crippen molar-refractivity contribution >= 4 is 49.3 Å². The highest BCUT2D eigenvalue weighted by Gasteiger charge is 2.31. The Balaban J connectivity index is 1.58. The van der Waals surface area contributed by atoms with Crippen molar-refractivity contribution in [1.82, 2.24) is 4.31 Å². The second-order valence-corrected chi connectivity index (χ2v) is 10.5. The third kappa shape index (κ3) is 5.37. The van der Waals surface area contributed by atoms with Crippen molar-refractivity contribution in [2.24, 2.45) is 5.92 Å². The Kier molecular flexibility index (Phi) is 7.20. The van der Waals surface area contributed by atoms with E-state index in [0.717, 1.165) is 20.6 Å². The minimum atomic E-state index is -3.39. The Bertz CT molecular complexity index is 942. The van der Waals surface area contributed by atoms with Crippen LogP contribution in [0.5, 0.6) is 0 Å². The predicted octanol–water partition coefficient (Wildman–Crippen LogP) is 4.35. The van der Waals surface area contributed by atoms with Crippen molar-refractivity contribution < 1.29 is 13.2 Å². The van der Waals surface area contributed by atoms with Crippen LogP contribution in [0.1, 0.15) is 18.4 Å². The van der Waals surface area contributed by atoms with Gasteiger partial charge in [0.2, 0.25) is 15.9 Å². The zero-order chi connectivity index (χ0) is 20.1. The first kappa shape index (κ1) is 21.4. The fourth-order valence-electron chi connectivity index (χ4n) is 3.31. The Morgan fingerprint density at radius 1 is 1.18 bits per heavy atom. The highest BCUT2D eigenvalue weighted by Crippen LogP contribution is 2.27. The molecule has 0 saturated carbocycles. The lowest BCUT2D eigenvalue weighted by Gasteiger charge is -2.30. The molecular weight excluding hydrogens is 460 g/mol. The molecule has 28 heavy (non-hydrogen) atoms. The Labute approximate surface area is 179 Å². The summed E-state index contributed by atoms with van der Waals surface area (Å²) in [5.41, 5.74) is 1.56. The third-order valence-corrected chi connectivity index (χ3v) is 7.96. The van der Waals surface area contributed by atoms with Gasteiger partial charge >= 0.3 is 0 Å². The molecule has 5 nitrogen and oxygen atoms in total. The van der Waals surface area contributed by atoms with Gasteiger partial charge in [0.05, 0.1) is 11.4 Å². The quantitative estimate of drug-likeness (QED) is 0.621. The maximum atomic E-state index is 12.7. The number of nitrogens with one attached hydrogen (secondary N) is 1. The van der Waals surface area contributed by atoms with Gasteiger partial charge in [-0.3, -0.25) is 4.79 Å². The van der Waals surface area contributed by atoms with E-state index in [1.807, 2.05) is 54.8 Å². The molecule has 0 unspecified atom stereocenters. The Morgan fingerprint density at radius 3 is 2.57 bits per heavy atom. The number of benzene rings is 2. The molecule has 0 aromatic heterocycles. The summed E-state index contributed by atoms with van der Waals surface area (Å²) in [5.74, 6) is -0.234. The number of carbonyl (C=O) groups excluding carboxylic acids is 1. The van der Waals surface area contributed by atoms with Gasteiger partial charge in [-0.2, -0.15) is 0 Å². The van der Waals surface area contributed by atoms with Crippen LogP contribution in [0, 0.1) is 5.92 Å². The lowest BCUT2D eigenvalue weighted by molar-refractivity contribution is -0.120. The van der Waals surface area contributed by atoms with Crippen molar-refractivity contribution in [1.29, 1.82) is 0 Å². The van der Waals surface area contributed by atoms with Crippen LogP contribution in [0.25, 0.3) is 0 Å². The van der Waals surface area contributed by atoms with Gasteiger partial charge in [0.15, 0.2) is 0 Å². The van der Waals surface area contributed by atoms with Gasteiger partial charge in [0.25, 0.3) is 0 Å². The number of carbonyl (C=O) groups is 1. The van der Waals surface area contributed by atoms with E-state index in [4.69, 9.17) is 0 Å². The van der Waals surface area contributed by atoms with Crippen molar-refractivity contribution in [3.05, 3.63) is 58.6 Å². The van der Waals surface area contributed by atoms with Gasteiger partial charge in [-0.05, 0) is 48.9 Å². The average molecular weight is 483 g/mol. The van der Waals surface area contributed by atoms with E-state index in [0.29, 0.717) is 25.9 Å². The standard InChI is InChI=1S/C20H23BrN2O3S2/c1-27-19-8-3-2-7-18(19)22-20(24)16-9-11-23(12-10-16)28(25,26)14-15-5-4-6-17(21)13-15/h2-8,13,16H,9-12,14H2,1H3,(H,22,24). The molecule has 2 aromatic rings. The smallest absolute Gasteiger partial charge is 0.227 e. The summed E-state index contributed by atoms with van der Waals surface area (Å²) < 4.78 is 27.8. The maximum Gasteiger partial charge on any atom is 0.227 e. The number of hydrogen-bond donors (Lipinski definition) is 1. The normalized spacial score (nSPS) is 16.1. The molecule has 1 N–H and O–H groups in total. The second kappa shape index (κ2) is 9.43. The number of anilines is 1. The molecular formula is C20H23BrN2O3S2. The van der Waals surface area contributed by atoms with Crippen LogP contribution >= 0.6 is 27.7 Å². The number of rotatable bonds is 6. The van der Waals surface area contributed by atoms with Gasteiger partial charge < -0.3 is 5.32 Å². The fourth-order valence-corrected chi connectivity index (χ4v) is 5.86. The number of halogens is 1. The van der Waals surface area contributed by atoms with Crippen molar-refractivity contribution in [2.75, 3.05) is 24.7 Å². The molecule has 8 heteroatoms. The highest BCUT2D eigenvalue weighted by atomic mass is 79.9. The first-order valence-corrected chi connectivity index (χ1v) is 12.7. The van der Waals surface area contributed by atoms with Crippen molar-refractivity contribution in [3.8, 4) is 0 Å². The highest BCUT2D eigenvalue weighted by molar-refractivity contribution is 9.10. The van der Waals surface area contributed by atoms with E-state index in [2.05, 4.69) is 21.2 Å². The van der Waals surface area contributed by atoms with Crippen LogP contribution in [-0.4, -0.2) is 38.0 Å². The van der Waals surface area contributed by atoms with Crippen LogP contribution in [0.3, 0.4) is 0 Å². The van der Waals surface area contributed by atoms with E-state index >= 15 is 0 Å². The number of sulfonamides is 1. The molecule has 1 fully saturated rings. The zero-order valence-corrected chi connectivity index (χ0v) is 18.8. The van der Waals surface area contributed by atoms with Crippen molar-refractivity contribution in [2.45, 2.75) is 23.5 Å². The van der Waals surface area contributed by atoms with Crippen LogP contribution in [0.2, 0.25) is 0 Å². The number of thioether (sulfide) groups is 1. The number of hydrogen-bond acceptors (Lipinski definition) is 4. The molecule has 0 spiro atoms. The molecule has 2 aromatic carbocycles. The van der Waals surface area contributed by atoms with Crippen LogP contribution in [-0.2, 0) is 20.6 Å². The molecule has 1 amide bonds. The van der Waals surface area contributed by atoms with Crippen LogP contribution in [0.4, 0.5) is 5.69 Å². The topological polar surface area (TPSA) is 66.5 Å². The lowest BCUT2D eigenvalue weighted by Crippen LogP contribution is -2.41. The first-order chi connectivity index (χ1) is 13.4. The molecule has 0 aliphatic carbocycles. The van der Waals surface area contributed by atoms with Crippen LogP contribution < -0.4 is 5.32 Å². The summed E-state index contributed by atoms with van der Waals surface area (Å²) in [6.45, 7) is 0.747. The minimum absolute atomic E-state index is 0.0234. The van der Waals surface area contributed by atoms with Gasteiger partial charge in [-0.1, -0.05) is 40.2 Å². The maximum absolute atomic E-state index is 12.7. The second-order valence-electron chi connectivity index (χ2n) is 6.75. The summed E-state index contributed by atoms with van der Waals surface area (Å²) >= 11 is 4.96. The molecule has 0 atom stereocenters. The number of para-hydroxylation sites is 1. The predicted molar refractivity (Wildman–Crippen MR) is 118 cm³/mol. The molecule has 0 radical (unpaired) electrons. The van der Waals surface area contributed by atoms with Gasteiger partial charge in [-0.25, -0.2) is 12.7 Å². The molecule has 0 bridgehead atoms. The van der Waals surface area contributed by atoms with Crippen molar-refractivity contribution in [3.63, 3.8) is 0 Å². The Morgan fingerprint density at radius 2 is 1.89 bits per heavy atom. The summed E-state index contributed by atoms with van der Waals surface area (Å²) in [5, 5.41) is 3.00. The minimum Gasteiger partial charge on any atom is -0.325 e.